The van der Waals surface area contributed by atoms with Crippen molar-refractivity contribution in [3.63, 3.8) is 0 Å². The largest absolute Gasteiger partial charge is 0.322 e. The Labute approximate surface area is 140 Å². The van der Waals surface area contributed by atoms with Crippen LogP contribution in [0.25, 0.3) is 11.1 Å². The third-order valence-corrected chi connectivity index (χ3v) is 4.82. The molecule has 1 aliphatic heterocycles. The zero-order chi connectivity index (χ0) is 16.9. The van der Waals surface area contributed by atoms with Crippen molar-refractivity contribution in [2.75, 3.05) is 0 Å². The van der Waals surface area contributed by atoms with E-state index in [9.17, 15) is 9.59 Å². The molecule has 1 aliphatic carbocycles. The van der Waals surface area contributed by atoms with Gasteiger partial charge in [0.1, 0.15) is 0 Å². The molecule has 4 heteroatoms. The minimum absolute atomic E-state index is 0.309. The first kappa shape index (κ1) is 14.7. The fourth-order valence-electron chi connectivity index (χ4n) is 3.67. The van der Waals surface area contributed by atoms with Gasteiger partial charge < -0.3 is 5.32 Å². The first-order valence-corrected chi connectivity index (χ1v) is 8.03. The smallest absolute Gasteiger partial charge is 0.316 e. The SMILES string of the molecule is C=C(C)CCc1ccc2c(c1)C1(NC(=O)NC1=O)c1ccccc1-2. The molecule has 24 heavy (non-hydrogen) atoms. The van der Waals surface area contributed by atoms with Crippen molar-refractivity contribution in [1.29, 1.82) is 0 Å². The van der Waals surface area contributed by atoms with Gasteiger partial charge in [0.25, 0.3) is 5.91 Å². The van der Waals surface area contributed by atoms with Crippen LogP contribution in [0.4, 0.5) is 4.79 Å². The van der Waals surface area contributed by atoms with Crippen LogP contribution in [0.2, 0.25) is 0 Å². The number of carbonyl (C=O) groups is 2. The second kappa shape index (κ2) is 5.06. The standard InChI is InChI=1S/C20H18N2O2/c1-12(2)7-8-13-9-10-15-14-5-3-4-6-16(14)20(17(15)11-13)18(23)21-19(24)22-20/h3-6,9-11H,1,7-8H2,2H3,(H2,21,22,23,24). The van der Waals surface area contributed by atoms with Crippen molar-refractivity contribution in [1.82, 2.24) is 10.6 Å². The molecule has 0 aromatic heterocycles. The number of aryl methyl sites for hydroxylation is 1. The third kappa shape index (κ3) is 1.92. The number of fused-ring (bicyclic) bond motifs is 5. The van der Waals surface area contributed by atoms with Gasteiger partial charge in [0.2, 0.25) is 0 Å². The predicted octanol–water partition coefficient (Wildman–Crippen LogP) is 3.26. The lowest BCUT2D eigenvalue weighted by molar-refractivity contribution is -0.122. The first-order valence-electron chi connectivity index (χ1n) is 8.03. The first-order chi connectivity index (χ1) is 11.5. The molecule has 1 saturated heterocycles. The Kier molecular flexibility index (Phi) is 3.10. The maximum Gasteiger partial charge on any atom is 0.322 e. The van der Waals surface area contributed by atoms with Gasteiger partial charge in [-0.3, -0.25) is 10.1 Å². The number of benzene rings is 2. The number of allylic oxidation sites excluding steroid dienone is 1. The molecule has 1 atom stereocenters. The molecule has 2 aromatic rings. The van der Waals surface area contributed by atoms with E-state index >= 15 is 0 Å². The van der Waals surface area contributed by atoms with Crippen molar-refractivity contribution in [2.24, 2.45) is 0 Å². The number of rotatable bonds is 3. The molecule has 1 heterocycles. The fourth-order valence-corrected chi connectivity index (χ4v) is 3.67. The lowest BCUT2D eigenvalue weighted by Crippen LogP contribution is -2.43. The molecule has 1 fully saturated rings. The molecular formula is C20H18N2O2. The number of hydrogen-bond donors (Lipinski definition) is 2. The van der Waals surface area contributed by atoms with Gasteiger partial charge in [-0.05, 0) is 47.6 Å². The van der Waals surface area contributed by atoms with Crippen molar-refractivity contribution in [3.05, 3.63) is 71.3 Å². The summed E-state index contributed by atoms with van der Waals surface area (Å²) in [7, 11) is 0. The van der Waals surface area contributed by atoms with E-state index in [1.165, 1.54) is 0 Å². The summed E-state index contributed by atoms with van der Waals surface area (Å²) in [6.07, 6.45) is 1.77. The van der Waals surface area contributed by atoms with E-state index < -0.39 is 11.6 Å². The van der Waals surface area contributed by atoms with E-state index in [4.69, 9.17) is 0 Å². The fraction of sp³-hybridized carbons (Fsp3) is 0.200. The molecule has 3 amide bonds. The lowest BCUT2D eigenvalue weighted by atomic mass is 9.86. The molecular weight excluding hydrogens is 300 g/mol. The number of nitrogens with one attached hydrogen (secondary N) is 2. The van der Waals surface area contributed by atoms with Gasteiger partial charge in [0.15, 0.2) is 5.54 Å². The third-order valence-electron chi connectivity index (χ3n) is 4.82. The zero-order valence-electron chi connectivity index (χ0n) is 13.5. The van der Waals surface area contributed by atoms with Gasteiger partial charge in [-0.1, -0.05) is 48.0 Å². The molecule has 1 unspecified atom stereocenters. The van der Waals surface area contributed by atoms with Gasteiger partial charge in [-0.2, -0.15) is 0 Å². The summed E-state index contributed by atoms with van der Waals surface area (Å²) in [5.74, 6) is -0.309. The minimum Gasteiger partial charge on any atom is -0.316 e. The summed E-state index contributed by atoms with van der Waals surface area (Å²) >= 11 is 0. The van der Waals surface area contributed by atoms with Crippen LogP contribution in [-0.2, 0) is 16.8 Å². The second-order valence-electron chi connectivity index (χ2n) is 6.54. The van der Waals surface area contributed by atoms with E-state index in [0.717, 1.165) is 46.2 Å². The molecule has 0 saturated carbocycles. The van der Waals surface area contributed by atoms with Crippen LogP contribution < -0.4 is 10.6 Å². The Morgan fingerprint density at radius 3 is 2.54 bits per heavy atom. The molecule has 4 rings (SSSR count). The van der Waals surface area contributed by atoms with Gasteiger partial charge in [-0.15, -0.1) is 6.58 Å². The van der Waals surface area contributed by atoms with E-state index in [0.29, 0.717) is 0 Å². The average molecular weight is 318 g/mol. The summed E-state index contributed by atoms with van der Waals surface area (Å²) < 4.78 is 0. The summed E-state index contributed by atoms with van der Waals surface area (Å²) in [6.45, 7) is 5.96. The summed E-state index contributed by atoms with van der Waals surface area (Å²) in [5, 5.41) is 5.26. The van der Waals surface area contributed by atoms with Crippen LogP contribution in [0.1, 0.15) is 30.0 Å². The Bertz CT molecular complexity index is 900. The second-order valence-corrected chi connectivity index (χ2v) is 6.54. The Morgan fingerprint density at radius 2 is 1.83 bits per heavy atom. The van der Waals surface area contributed by atoms with Gasteiger partial charge in [-0.25, -0.2) is 4.79 Å². The zero-order valence-corrected chi connectivity index (χ0v) is 13.5. The number of imide groups is 1. The van der Waals surface area contributed by atoms with E-state index in [1.54, 1.807) is 0 Å². The van der Waals surface area contributed by atoms with Crippen LogP contribution in [0, 0.1) is 0 Å². The van der Waals surface area contributed by atoms with Crippen LogP contribution in [0.5, 0.6) is 0 Å². The van der Waals surface area contributed by atoms with E-state index in [2.05, 4.69) is 29.3 Å². The lowest BCUT2D eigenvalue weighted by Gasteiger charge is -2.23. The molecule has 0 radical (unpaired) electrons. The minimum atomic E-state index is -1.11. The van der Waals surface area contributed by atoms with Crippen LogP contribution in [0.3, 0.4) is 0 Å². The van der Waals surface area contributed by atoms with Gasteiger partial charge in [0, 0.05) is 0 Å². The number of urea groups is 1. The highest BCUT2D eigenvalue weighted by Crippen LogP contribution is 2.49. The molecule has 2 aromatic carbocycles. The Morgan fingerprint density at radius 1 is 1.08 bits per heavy atom. The molecule has 2 aliphatic rings. The number of hydrogen-bond acceptors (Lipinski definition) is 2. The van der Waals surface area contributed by atoms with Gasteiger partial charge >= 0.3 is 6.03 Å². The highest BCUT2D eigenvalue weighted by Gasteiger charge is 2.54. The van der Waals surface area contributed by atoms with Crippen LogP contribution in [-0.4, -0.2) is 11.9 Å². The number of carbonyl (C=O) groups excluding carboxylic acids is 2. The quantitative estimate of drug-likeness (QED) is 0.674. The summed E-state index contributed by atoms with van der Waals surface area (Å²) in [6, 6.07) is 13.5. The number of amides is 3. The van der Waals surface area contributed by atoms with E-state index in [1.807, 2.05) is 37.3 Å². The maximum atomic E-state index is 12.7. The molecule has 1 spiro atoms. The Hall–Kier alpha value is -2.88. The molecule has 0 bridgehead atoms. The highest BCUT2D eigenvalue weighted by molar-refractivity contribution is 6.13. The average Bonchev–Trinajstić information content (AvgIpc) is 3.02. The van der Waals surface area contributed by atoms with Crippen molar-refractivity contribution in [3.8, 4) is 11.1 Å². The van der Waals surface area contributed by atoms with Crippen LogP contribution in [0.15, 0.2) is 54.6 Å². The maximum absolute atomic E-state index is 12.7. The summed E-state index contributed by atoms with van der Waals surface area (Å²) in [4.78, 5) is 24.6. The van der Waals surface area contributed by atoms with Crippen molar-refractivity contribution >= 4 is 11.9 Å². The van der Waals surface area contributed by atoms with Crippen molar-refractivity contribution in [2.45, 2.75) is 25.3 Å². The van der Waals surface area contributed by atoms with Crippen LogP contribution >= 0.6 is 0 Å². The molecule has 4 nitrogen and oxygen atoms in total. The van der Waals surface area contributed by atoms with E-state index in [-0.39, 0.29) is 5.91 Å². The molecule has 2 N–H and O–H groups in total. The van der Waals surface area contributed by atoms with Gasteiger partial charge in [0.05, 0.1) is 0 Å². The molecule has 120 valence electrons. The topological polar surface area (TPSA) is 58.2 Å². The summed E-state index contributed by atoms with van der Waals surface area (Å²) in [5.41, 5.74) is 4.84. The highest BCUT2D eigenvalue weighted by atomic mass is 16.2. The van der Waals surface area contributed by atoms with Crippen molar-refractivity contribution < 1.29 is 9.59 Å². The monoisotopic (exact) mass is 318 g/mol. The normalized spacial score (nSPS) is 20.5. The Balaban J connectivity index is 1.90. The predicted molar refractivity (Wildman–Crippen MR) is 92.5 cm³/mol.